The predicted molar refractivity (Wildman–Crippen MR) is 128 cm³/mol. The van der Waals surface area contributed by atoms with Crippen LogP contribution in [0.4, 0.5) is 0 Å². The number of rotatable bonds is 2. The summed E-state index contributed by atoms with van der Waals surface area (Å²) in [5, 5.41) is 1.08. The van der Waals surface area contributed by atoms with Crippen molar-refractivity contribution in [3.8, 4) is 22.5 Å². The van der Waals surface area contributed by atoms with Gasteiger partial charge < -0.3 is 0 Å². The van der Waals surface area contributed by atoms with Gasteiger partial charge in [-0.1, -0.05) is 90.1 Å². The molecule has 2 heterocycles. The summed E-state index contributed by atoms with van der Waals surface area (Å²) >= 11 is 0. The van der Waals surface area contributed by atoms with E-state index in [0.717, 1.165) is 33.4 Å². The lowest BCUT2D eigenvalue weighted by Gasteiger charge is -2.20. The highest BCUT2D eigenvalue weighted by Crippen LogP contribution is 2.32. The molecule has 4 aromatic rings. The van der Waals surface area contributed by atoms with E-state index < -0.39 is 0 Å². The van der Waals surface area contributed by atoms with E-state index in [2.05, 4.69) is 107 Å². The van der Waals surface area contributed by atoms with Gasteiger partial charge in [0.1, 0.15) is 0 Å². The first kappa shape index (κ1) is 20.3. The van der Waals surface area contributed by atoms with Crippen LogP contribution in [-0.4, -0.2) is 9.97 Å². The van der Waals surface area contributed by atoms with Gasteiger partial charge in [0.2, 0.25) is 0 Å². The Labute approximate surface area is 180 Å². The molecule has 152 valence electrons. The molecule has 0 unspecified atom stereocenters. The average molecular weight is 395 g/mol. The van der Waals surface area contributed by atoms with Crippen LogP contribution < -0.4 is 0 Å². The molecule has 0 spiro atoms. The van der Waals surface area contributed by atoms with E-state index >= 15 is 0 Å². The zero-order valence-electron chi connectivity index (χ0n) is 18.8. The third kappa shape index (κ3) is 4.00. The lowest BCUT2D eigenvalue weighted by Crippen LogP contribution is -2.10. The molecule has 0 fully saturated rings. The maximum atomic E-state index is 5.09. The molecule has 0 bridgehead atoms. The second-order valence-corrected chi connectivity index (χ2v) is 10.1. The molecule has 0 aliphatic carbocycles. The van der Waals surface area contributed by atoms with E-state index in [1.165, 1.54) is 11.1 Å². The van der Waals surface area contributed by atoms with Gasteiger partial charge in [0.15, 0.2) is 0 Å². The minimum absolute atomic E-state index is 0.131. The van der Waals surface area contributed by atoms with Crippen LogP contribution in [0.15, 0.2) is 72.9 Å². The fourth-order valence-corrected chi connectivity index (χ4v) is 3.71. The Morgan fingerprint density at radius 1 is 0.633 bits per heavy atom. The second-order valence-electron chi connectivity index (χ2n) is 10.1. The highest BCUT2D eigenvalue weighted by Gasteiger charge is 2.16. The summed E-state index contributed by atoms with van der Waals surface area (Å²) < 4.78 is 0. The smallest absolute Gasteiger partial charge is 0.0803 e. The topological polar surface area (TPSA) is 25.8 Å². The van der Waals surface area contributed by atoms with Crippen molar-refractivity contribution in [1.29, 1.82) is 0 Å². The Bertz CT molecular complexity index is 1170. The van der Waals surface area contributed by atoms with Crippen LogP contribution in [0.25, 0.3) is 33.4 Å². The predicted octanol–water partition coefficient (Wildman–Crippen LogP) is 7.56. The molecule has 0 atom stereocenters. The summed E-state index contributed by atoms with van der Waals surface area (Å²) in [5.74, 6) is 0. The molecule has 0 saturated heterocycles. The van der Waals surface area contributed by atoms with Crippen LogP contribution in [0.2, 0.25) is 0 Å². The minimum atomic E-state index is 0.131. The second kappa shape index (κ2) is 7.36. The first-order valence-electron chi connectivity index (χ1n) is 10.6. The summed E-state index contributed by atoms with van der Waals surface area (Å²) in [5.41, 5.74) is 8.05. The Kier molecular flexibility index (Phi) is 4.97. The van der Waals surface area contributed by atoms with Gasteiger partial charge in [-0.25, -0.2) is 4.98 Å². The molecule has 4 rings (SSSR count). The van der Waals surface area contributed by atoms with Gasteiger partial charge in [-0.15, -0.1) is 0 Å². The zero-order valence-corrected chi connectivity index (χ0v) is 18.8. The summed E-state index contributed by atoms with van der Waals surface area (Å²) in [6, 6.07) is 23.7. The van der Waals surface area contributed by atoms with Gasteiger partial charge in [-0.3, -0.25) is 4.98 Å². The first-order chi connectivity index (χ1) is 14.1. The fourth-order valence-electron chi connectivity index (χ4n) is 3.71. The van der Waals surface area contributed by atoms with Crippen LogP contribution in [-0.2, 0) is 10.8 Å². The fraction of sp³-hybridized carbons (Fsp3) is 0.286. The Hall–Kier alpha value is -3.00. The van der Waals surface area contributed by atoms with E-state index in [9.17, 15) is 0 Å². The van der Waals surface area contributed by atoms with E-state index in [1.807, 2.05) is 12.3 Å². The quantitative estimate of drug-likeness (QED) is 0.350. The molecule has 0 saturated carbocycles. The van der Waals surface area contributed by atoms with Crippen molar-refractivity contribution < 1.29 is 0 Å². The molecule has 0 amide bonds. The van der Waals surface area contributed by atoms with Crippen molar-refractivity contribution in [3.05, 3.63) is 84.1 Å². The largest absolute Gasteiger partial charge is 0.256 e. The molecular weight excluding hydrogens is 364 g/mol. The van der Waals surface area contributed by atoms with Gasteiger partial charge in [-0.2, -0.15) is 0 Å². The first-order valence-corrected chi connectivity index (χ1v) is 10.6. The molecule has 0 N–H and O–H groups in total. The molecule has 2 heteroatoms. The lowest BCUT2D eigenvalue weighted by atomic mass is 9.86. The van der Waals surface area contributed by atoms with E-state index in [4.69, 9.17) is 4.98 Å². The molecule has 30 heavy (non-hydrogen) atoms. The number of nitrogens with zero attached hydrogens (tertiary/aromatic N) is 2. The number of pyridine rings is 2. The molecule has 0 aliphatic heterocycles. The SMILES string of the molecule is CC(C)(C)c1ccc(-c2cc3ncccc3c(-c3ccc(C(C)(C)C)cc3)n2)cc1. The minimum Gasteiger partial charge on any atom is -0.256 e. The van der Waals surface area contributed by atoms with Crippen molar-refractivity contribution in [2.75, 3.05) is 0 Å². The molecule has 2 aromatic carbocycles. The Balaban J connectivity index is 1.84. The lowest BCUT2D eigenvalue weighted by molar-refractivity contribution is 0.590. The highest BCUT2D eigenvalue weighted by atomic mass is 14.7. The highest BCUT2D eigenvalue weighted by molar-refractivity contribution is 5.94. The number of benzene rings is 2. The molecule has 2 nitrogen and oxygen atoms in total. The summed E-state index contributed by atoms with van der Waals surface area (Å²) in [6.07, 6.45) is 1.85. The van der Waals surface area contributed by atoms with Gasteiger partial charge >= 0.3 is 0 Å². The standard InChI is InChI=1S/C28H30N2/c1-27(2,3)21-13-9-19(10-14-21)24-18-25-23(8-7-17-29-25)26(30-24)20-11-15-22(16-12-20)28(4,5)6/h7-18H,1-6H3. The zero-order chi connectivity index (χ0) is 21.5. The molecule has 0 aliphatic rings. The van der Waals surface area contributed by atoms with Gasteiger partial charge in [0.05, 0.1) is 16.9 Å². The van der Waals surface area contributed by atoms with Crippen molar-refractivity contribution in [3.63, 3.8) is 0 Å². The molecule has 2 aromatic heterocycles. The van der Waals surface area contributed by atoms with E-state index in [0.29, 0.717) is 0 Å². The monoisotopic (exact) mass is 394 g/mol. The number of aromatic nitrogens is 2. The third-order valence-electron chi connectivity index (χ3n) is 5.67. The normalized spacial score (nSPS) is 12.3. The third-order valence-corrected chi connectivity index (χ3v) is 5.67. The van der Waals surface area contributed by atoms with Crippen LogP contribution in [0.3, 0.4) is 0 Å². The number of hydrogen-bond donors (Lipinski definition) is 0. The maximum Gasteiger partial charge on any atom is 0.0803 e. The number of fused-ring (bicyclic) bond motifs is 1. The molecular formula is C28H30N2. The van der Waals surface area contributed by atoms with Gasteiger partial charge in [0.25, 0.3) is 0 Å². The van der Waals surface area contributed by atoms with E-state index in [1.54, 1.807) is 0 Å². The van der Waals surface area contributed by atoms with Crippen molar-refractivity contribution >= 4 is 10.9 Å². The average Bonchev–Trinajstić information content (AvgIpc) is 2.72. The summed E-state index contributed by atoms with van der Waals surface area (Å²) in [6.45, 7) is 13.4. The molecule has 0 radical (unpaired) electrons. The number of hydrogen-bond acceptors (Lipinski definition) is 2. The van der Waals surface area contributed by atoms with Crippen molar-refractivity contribution in [2.45, 2.75) is 52.4 Å². The van der Waals surface area contributed by atoms with Crippen LogP contribution in [0.1, 0.15) is 52.7 Å². The van der Waals surface area contributed by atoms with Gasteiger partial charge in [0, 0.05) is 22.7 Å². The van der Waals surface area contributed by atoms with Crippen LogP contribution >= 0.6 is 0 Å². The maximum absolute atomic E-state index is 5.09. The Morgan fingerprint density at radius 3 is 1.70 bits per heavy atom. The van der Waals surface area contributed by atoms with Crippen molar-refractivity contribution in [2.24, 2.45) is 0 Å². The van der Waals surface area contributed by atoms with Crippen LogP contribution in [0, 0.1) is 0 Å². The summed E-state index contributed by atoms with van der Waals surface area (Å²) in [4.78, 5) is 9.71. The van der Waals surface area contributed by atoms with Gasteiger partial charge in [-0.05, 0) is 40.2 Å². The van der Waals surface area contributed by atoms with Crippen LogP contribution in [0.5, 0.6) is 0 Å². The van der Waals surface area contributed by atoms with E-state index in [-0.39, 0.29) is 10.8 Å². The Morgan fingerprint density at radius 2 is 1.17 bits per heavy atom. The summed E-state index contributed by atoms with van der Waals surface area (Å²) in [7, 11) is 0. The van der Waals surface area contributed by atoms with Crippen molar-refractivity contribution in [1.82, 2.24) is 9.97 Å².